The maximum absolute atomic E-state index is 12.7. The van der Waals surface area contributed by atoms with Crippen LogP contribution in [0.4, 0.5) is 0 Å². The first-order valence-corrected chi connectivity index (χ1v) is 9.16. The van der Waals surface area contributed by atoms with Crippen LogP contribution in [0.1, 0.15) is 40.2 Å². The van der Waals surface area contributed by atoms with Crippen LogP contribution >= 0.6 is 23.7 Å². The summed E-state index contributed by atoms with van der Waals surface area (Å²) in [6.45, 7) is 2.56. The predicted octanol–water partition coefficient (Wildman–Crippen LogP) is 4.16. The summed E-state index contributed by atoms with van der Waals surface area (Å²) in [6.07, 6.45) is 4.23. The number of halogens is 1. The average molecular weight is 381 g/mol. The Hall–Kier alpha value is -1.56. The van der Waals surface area contributed by atoms with Gasteiger partial charge in [0, 0.05) is 11.4 Å². The average Bonchev–Trinajstić information content (AvgIpc) is 3.22. The lowest BCUT2D eigenvalue weighted by Crippen LogP contribution is -2.51. The Morgan fingerprint density at radius 2 is 1.92 bits per heavy atom. The SMILES string of the molecule is COc1ccc(-c2cc(C(=O)NC3(CN)CCCC3)sc2C)cc1.Cl. The number of hydrogen-bond donors (Lipinski definition) is 2. The summed E-state index contributed by atoms with van der Waals surface area (Å²) >= 11 is 1.54. The molecule has 6 heteroatoms. The largest absolute Gasteiger partial charge is 0.497 e. The zero-order valence-electron chi connectivity index (χ0n) is 14.6. The fourth-order valence-corrected chi connectivity index (χ4v) is 4.32. The smallest absolute Gasteiger partial charge is 0.261 e. The summed E-state index contributed by atoms with van der Waals surface area (Å²) in [6, 6.07) is 9.90. The van der Waals surface area contributed by atoms with Crippen LogP contribution in [0.25, 0.3) is 11.1 Å². The second-order valence-electron chi connectivity index (χ2n) is 6.45. The van der Waals surface area contributed by atoms with E-state index in [1.807, 2.05) is 30.3 Å². The minimum absolute atomic E-state index is 0. The summed E-state index contributed by atoms with van der Waals surface area (Å²) in [7, 11) is 1.66. The maximum Gasteiger partial charge on any atom is 0.261 e. The lowest BCUT2D eigenvalue weighted by Gasteiger charge is -2.28. The molecular weight excluding hydrogens is 356 g/mol. The van der Waals surface area contributed by atoms with Crippen LogP contribution in [0.5, 0.6) is 5.75 Å². The highest BCUT2D eigenvalue weighted by atomic mass is 35.5. The molecule has 0 radical (unpaired) electrons. The van der Waals surface area contributed by atoms with E-state index in [0.29, 0.717) is 6.54 Å². The van der Waals surface area contributed by atoms with Gasteiger partial charge in [-0.2, -0.15) is 0 Å². The molecule has 1 aromatic carbocycles. The van der Waals surface area contributed by atoms with Gasteiger partial charge in [0.25, 0.3) is 5.91 Å². The zero-order valence-corrected chi connectivity index (χ0v) is 16.3. The molecule has 3 rings (SSSR count). The van der Waals surface area contributed by atoms with Crippen LogP contribution in [0, 0.1) is 6.92 Å². The standard InChI is InChI=1S/C19H24N2O2S.ClH/c1-13-16(14-5-7-15(23-2)8-6-14)11-17(24-13)18(22)21-19(12-20)9-3-4-10-19;/h5-8,11H,3-4,9-10,12,20H2,1-2H3,(H,21,22);1H. The van der Waals surface area contributed by atoms with Crippen LogP contribution in [0.15, 0.2) is 30.3 Å². The summed E-state index contributed by atoms with van der Waals surface area (Å²) in [5.74, 6) is 0.825. The highest BCUT2D eigenvalue weighted by molar-refractivity contribution is 7.14. The van der Waals surface area contributed by atoms with Crippen molar-refractivity contribution in [3.8, 4) is 16.9 Å². The number of nitrogens with one attached hydrogen (secondary N) is 1. The van der Waals surface area contributed by atoms with Gasteiger partial charge in [0.2, 0.25) is 0 Å². The Kier molecular flexibility index (Phi) is 6.49. The summed E-state index contributed by atoms with van der Waals surface area (Å²) in [4.78, 5) is 14.6. The Morgan fingerprint density at radius 3 is 2.48 bits per heavy atom. The topological polar surface area (TPSA) is 64.3 Å². The van der Waals surface area contributed by atoms with Crippen molar-refractivity contribution in [1.82, 2.24) is 5.32 Å². The number of thiophene rings is 1. The molecule has 2 aromatic rings. The number of carbonyl (C=O) groups excluding carboxylic acids is 1. The van der Waals surface area contributed by atoms with E-state index in [1.54, 1.807) is 7.11 Å². The summed E-state index contributed by atoms with van der Waals surface area (Å²) < 4.78 is 5.20. The zero-order chi connectivity index (χ0) is 17.2. The van der Waals surface area contributed by atoms with E-state index in [1.165, 1.54) is 11.3 Å². The molecule has 1 fully saturated rings. The fourth-order valence-electron chi connectivity index (χ4n) is 3.39. The predicted molar refractivity (Wildman–Crippen MR) is 106 cm³/mol. The number of methoxy groups -OCH3 is 1. The Labute approximate surface area is 159 Å². The van der Waals surface area contributed by atoms with Crippen molar-refractivity contribution >= 4 is 29.7 Å². The molecule has 1 aromatic heterocycles. The maximum atomic E-state index is 12.7. The highest BCUT2D eigenvalue weighted by Gasteiger charge is 2.34. The normalized spacial score (nSPS) is 15.5. The second-order valence-corrected chi connectivity index (χ2v) is 7.71. The molecule has 4 nitrogen and oxygen atoms in total. The number of ether oxygens (including phenoxy) is 1. The number of amides is 1. The number of benzene rings is 1. The Bertz CT molecular complexity index is 722. The number of aryl methyl sites for hydroxylation is 1. The fraction of sp³-hybridized carbons (Fsp3) is 0.421. The van der Waals surface area contributed by atoms with Crippen molar-refractivity contribution < 1.29 is 9.53 Å². The van der Waals surface area contributed by atoms with Crippen LogP contribution in [0.3, 0.4) is 0 Å². The van der Waals surface area contributed by atoms with Gasteiger partial charge >= 0.3 is 0 Å². The number of rotatable bonds is 5. The molecule has 0 unspecified atom stereocenters. The molecule has 0 saturated heterocycles. The van der Waals surface area contributed by atoms with Crippen molar-refractivity contribution in [3.05, 3.63) is 40.1 Å². The van der Waals surface area contributed by atoms with E-state index in [4.69, 9.17) is 10.5 Å². The molecular formula is C19H25ClN2O2S. The van der Waals surface area contributed by atoms with E-state index in [9.17, 15) is 4.79 Å². The van der Waals surface area contributed by atoms with Gasteiger partial charge < -0.3 is 15.8 Å². The molecule has 1 amide bonds. The first kappa shape index (κ1) is 19.8. The third-order valence-electron chi connectivity index (χ3n) is 4.87. The molecule has 0 spiro atoms. The van der Waals surface area contributed by atoms with Crippen LogP contribution in [-0.2, 0) is 0 Å². The Balaban J connectivity index is 0.00000225. The minimum Gasteiger partial charge on any atom is -0.497 e. The third-order valence-corrected chi connectivity index (χ3v) is 5.92. The van der Waals surface area contributed by atoms with Gasteiger partial charge in [0.15, 0.2) is 0 Å². The van der Waals surface area contributed by atoms with E-state index < -0.39 is 0 Å². The molecule has 0 atom stereocenters. The molecule has 1 heterocycles. The Morgan fingerprint density at radius 1 is 1.28 bits per heavy atom. The molecule has 1 saturated carbocycles. The van der Waals surface area contributed by atoms with Crippen LogP contribution in [-0.4, -0.2) is 25.1 Å². The summed E-state index contributed by atoms with van der Waals surface area (Å²) in [5, 5.41) is 3.20. The first-order valence-electron chi connectivity index (χ1n) is 8.34. The van der Waals surface area contributed by atoms with Crippen molar-refractivity contribution in [2.45, 2.75) is 38.1 Å². The van der Waals surface area contributed by atoms with Crippen molar-refractivity contribution in [3.63, 3.8) is 0 Å². The van der Waals surface area contributed by atoms with Crippen molar-refractivity contribution in [2.75, 3.05) is 13.7 Å². The van der Waals surface area contributed by atoms with Gasteiger partial charge in [0.05, 0.1) is 17.5 Å². The van der Waals surface area contributed by atoms with Gasteiger partial charge in [-0.25, -0.2) is 0 Å². The molecule has 0 bridgehead atoms. The lowest BCUT2D eigenvalue weighted by molar-refractivity contribution is 0.0907. The monoisotopic (exact) mass is 380 g/mol. The lowest BCUT2D eigenvalue weighted by atomic mass is 9.97. The molecule has 25 heavy (non-hydrogen) atoms. The summed E-state index contributed by atoms with van der Waals surface area (Å²) in [5.41, 5.74) is 7.91. The number of carbonyl (C=O) groups is 1. The molecule has 3 N–H and O–H groups in total. The number of nitrogens with two attached hydrogens (primary N) is 1. The van der Waals surface area contributed by atoms with E-state index in [-0.39, 0.29) is 23.9 Å². The second kappa shape index (κ2) is 8.21. The van der Waals surface area contributed by atoms with E-state index >= 15 is 0 Å². The molecule has 0 aliphatic heterocycles. The van der Waals surface area contributed by atoms with Crippen LogP contribution < -0.4 is 15.8 Å². The van der Waals surface area contributed by atoms with Gasteiger partial charge in [-0.05, 0) is 49.1 Å². The first-order chi connectivity index (χ1) is 11.6. The highest BCUT2D eigenvalue weighted by Crippen LogP contribution is 2.33. The quantitative estimate of drug-likeness (QED) is 0.818. The van der Waals surface area contributed by atoms with Crippen LogP contribution in [0.2, 0.25) is 0 Å². The molecule has 1 aliphatic carbocycles. The van der Waals surface area contributed by atoms with E-state index in [0.717, 1.165) is 52.3 Å². The third kappa shape index (κ3) is 4.17. The van der Waals surface area contributed by atoms with Gasteiger partial charge in [0.1, 0.15) is 5.75 Å². The minimum atomic E-state index is -0.213. The molecule has 136 valence electrons. The van der Waals surface area contributed by atoms with Gasteiger partial charge in [-0.15, -0.1) is 23.7 Å². The molecule has 1 aliphatic rings. The van der Waals surface area contributed by atoms with E-state index in [2.05, 4.69) is 12.2 Å². The van der Waals surface area contributed by atoms with Crippen molar-refractivity contribution in [2.24, 2.45) is 5.73 Å². The number of hydrogen-bond acceptors (Lipinski definition) is 4. The van der Waals surface area contributed by atoms with Crippen molar-refractivity contribution in [1.29, 1.82) is 0 Å². The van der Waals surface area contributed by atoms with Gasteiger partial charge in [-0.3, -0.25) is 4.79 Å². The van der Waals surface area contributed by atoms with Gasteiger partial charge in [-0.1, -0.05) is 25.0 Å².